The Hall–Kier alpha value is -3.67. The Morgan fingerprint density at radius 3 is 2.56 bits per heavy atom. The summed E-state index contributed by atoms with van der Waals surface area (Å²) in [4.78, 5) is 30.5. The normalized spacial score (nSPS) is 12.1. The number of fused-ring (bicyclic) bond motifs is 1. The molecule has 2 heterocycles. The van der Waals surface area contributed by atoms with E-state index in [4.69, 9.17) is 0 Å². The maximum absolute atomic E-state index is 13.2. The van der Waals surface area contributed by atoms with Crippen molar-refractivity contribution in [2.45, 2.75) is 46.2 Å². The second-order valence-electron chi connectivity index (χ2n) is 8.31. The van der Waals surface area contributed by atoms with Crippen molar-refractivity contribution in [3.8, 4) is 5.69 Å². The van der Waals surface area contributed by atoms with Crippen LogP contribution in [0.1, 0.15) is 30.0 Å². The first-order valence-corrected chi connectivity index (χ1v) is 10.9. The topological polar surface area (TPSA) is 68.9 Å². The van der Waals surface area contributed by atoms with Crippen LogP contribution in [-0.4, -0.2) is 26.3 Å². The van der Waals surface area contributed by atoms with Crippen molar-refractivity contribution in [3.63, 3.8) is 0 Å². The van der Waals surface area contributed by atoms with Gasteiger partial charge in [-0.1, -0.05) is 36.4 Å². The van der Waals surface area contributed by atoms with Crippen molar-refractivity contribution in [2.75, 3.05) is 0 Å². The lowest BCUT2D eigenvalue weighted by atomic mass is 10.1. The van der Waals surface area contributed by atoms with E-state index in [1.807, 2.05) is 57.2 Å². The fourth-order valence-electron chi connectivity index (χ4n) is 3.90. The van der Waals surface area contributed by atoms with Gasteiger partial charge in [0.1, 0.15) is 6.54 Å². The number of aryl methyl sites for hydroxylation is 3. The molecule has 1 amide bonds. The molecular formula is C26H28N4O2. The maximum atomic E-state index is 13.2. The first kappa shape index (κ1) is 21.6. The lowest BCUT2D eigenvalue weighted by Gasteiger charge is -2.17. The van der Waals surface area contributed by atoms with E-state index in [-0.39, 0.29) is 24.1 Å². The quantitative estimate of drug-likeness (QED) is 0.485. The molecule has 0 saturated carbocycles. The Kier molecular flexibility index (Phi) is 6.21. The minimum atomic E-state index is -0.179. The summed E-state index contributed by atoms with van der Waals surface area (Å²) >= 11 is 0. The van der Waals surface area contributed by atoms with Gasteiger partial charge < -0.3 is 5.32 Å². The molecule has 0 fully saturated rings. The SMILES string of the molecule is Cc1ccc(-n2c(=O)c3cccnc3n2CC(=O)N[C@@H](C)CCc2ccccc2)cc1C. The van der Waals surface area contributed by atoms with Crippen LogP contribution in [0.4, 0.5) is 0 Å². The molecule has 2 aromatic heterocycles. The second-order valence-corrected chi connectivity index (χ2v) is 8.31. The average molecular weight is 429 g/mol. The van der Waals surface area contributed by atoms with Crippen LogP contribution in [-0.2, 0) is 17.8 Å². The van der Waals surface area contributed by atoms with Crippen LogP contribution in [0, 0.1) is 13.8 Å². The summed E-state index contributed by atoms with van der Waals surface area (Å²) in [5.74, 6) is -0.148. The monoisotopic (exact) mass is 428 g/mol. The predicted octanol–water partition coefficient (Wildman–Crippen LogP) is 3.94. The Labute approximate surface area is 187 Å². The summed E-state index contributed by atoms with van der Waals surface area (Å²) in [5, 5.41) is 3.56. The summed E-state index contributed by atoms with van der Waals surface area (Å²) in [6.45, 7) is 6.06. The molecule has 0 aliphatic carbocycles. The van der Waals surface area contributed by atoms with Crippen molar-refractivity contribution in [1.82, 2.24) is 19.7 Å². The van der Waals surface area contributed by atoms with E-state index < -0.39 is 0 Å². The van der Waals surface area contributed by atoms with Crippen molar-refractivity contribution >= 4 is 16.9 Å². The lowest BCUT2D eigenvalue weighted by molar-refractivity contribution is -0.122. The smallest absolute Gasteiger partial charge is 0.280 e. The molecule has 0 aliphatic rings. The lowest BCUT2D eigenvalue weighted by Crippen LogP contribution is -2.37. The van der Waals surface area contributed by atoms with Gasteiger partial charge in [-0.3, -0.25) is 14.3 Å². The molecule has 1 N–H and O–H groups in total. The third kappa shape index (κ3) is 4.49. The predicted molar refractivity (Wildman–Crippen MR) is 127 cm³/mol. The zero-order valence-electron chi connectivity index (χ0n) is 18.7. The van der Waals surface area contributed by atoms with Gasteiger partial charge in [0, 0.05) is 12.2 Å². The van der Waals surface area contributed by atoms with Gasteiger partial charge in [-0.25, -0.2) is 9.67 Å². The number of carbonyl (C=O) groups excluding carboxylic acids is 1. The average Bonchev–Trinajstić information content (AvgIpc) is 3.06. The summed E-state index contributed by atoms with van der Waals surface area (Å²) in [6, 6.07) is 19.6. The molecule has 6 heteroatoms. The zero-order valence-corrected chi connectivity index (χ0v) is 18.7. The first-order valence-electron chi connectivity index (χ1n) is 10.9. The number of pyridine rings is 1. The molecule has 164 valence electrons. The van der Waals surface area contributed by atoms with Crippen LogP contribution in [0.25, 0.3) is 16.7 Å². The third-order valence-corrected chi connectivity index (χ3v) is 5.84. The molecule has 2 aromatic carbocycles. The fraction of sp³-hybridized carbons (Fsp3) is 0.269. The van der Waals surface area contributed by atoms with Crippen molar-refractivity contribution in [1.29, 1.82) is 0 Å². The molecule has 6 nitrogen and oxygen atoms in total. The van der Waals surface area contributed by atoms with Crippen molar-refractivity contribution in [3.05, 3.63) is 93.9 Å². The summed E-state index contributed by atoms with van der Waals surface area (Å²) < 4.78 is 3.22. The molecule has 4 rings (SSSR count). The van der Waals surface area contributed by atoms with Crippen LogP contribution >= 0.6 is 0 Å². The highest BCUT2D eigenvalue weighted by molar-refractivity contribution is 5.80. The maximum Gasteiger partial charge on any atom is 0.280 e. The number of nitrogens with one attached hydrogen (secondary N) is 1. The molecule has 4 aromatic rings. The molecule has 1 atom stereocenters. The van der Waals surface area contributed by atoms with E-state index in [1.54, 1.807) is 27.7 Å². The van der Waals surface area contributed by atoms with Gasteiger partial charge in [-0.2, -0.15) is 0 Å². The van der Waals surface area contributed by atoms with Gasteiger partial charge in [-0.15, -0.1) is 0 Å². The number of hydrogen-bond acceptors (Lipinski definition) is 3. The van der Waals surface area contributed by atoms with Gasteiger partial charge >= 0.3 is 0 Å². The van der Waals surface area contributed by atoms with Crippen LogP contribution < -0.4 is 10.9 Å². The van der Waals surface area contributed by atoms with Gasteiger partial charge in [0.2, 0.25) is 5.91 Å². The van der Waals surface area contributed by atoms with E-state index >= 15 is 0 Å². The Morgan fingerprint density at radius 1 is 1.03 bits per heavy atom. The molecule has 0 saturated heterocycles. The third-order valence-electron chi connectivity index (χ3n) is 5.84. The van der Waals surface area contributed by atoms with Gasteiger partial charge in [0.05, 0.1) is 11.1 Å². The van der Waals surface area contributed by atoms with Gasteiger partial charge in [0.25, 0.3) is 5.56 Å². The van der Waals surface area contributed by atoms with Gasteiger partial charge in [0.15, 0.2) is 5.65 Å². The van der Waals surface area contributed by atoms with Crippen LogP contribution in [0.15, 0.2) is 71.7 Å². The van der Waals surface area contributed by atoms with E-state index in [0.717, 1.165) is 29.7 Å². The van der Waals surface area contributed by atoms with Crippen molar-refractivity contribution < 1.29 is 4.79 Å². The van der Waals surface area contributed by atoms with E-state index in [2.05, 4.69) is 22.4 Å². The molecule has 0 aliphatic heterocycles. The fourth-order valence-corrected chi connectivity index (χ4v) is 3.90. The van der Waals surface area contributed by atoms with Gasteiger partial charge in [-0.05, 0) is 74.6 Å². The standard InChI is InChI=1S/C26H28N4O2/c1-18-11-14-22(16-19(18)2)30-26(32)23-10-7-15-27-25(23)29(30)17-24(31)28-20(3)12-13-21-8-5-4-6-9-21/h4-11,14-16,20H,12-13,17H2,1-3H3,(H,28,31)/t20-/m0/s1. The summed E-state index contributed by atoms with van der Waals surface area (Å²) in [7, 11) is 0. The van der Waals surface area contributed by atoms with Crippen molar-refractivity contribution in [2.24, 2.45) is 0 Å². The Balaban J connectivity index is 1.58. The number of aromatic nitrogens is 3. The number of benzene rings is 2. The highest BCUT2D eigenvalue weighted by Gasteiger charge is 2.19. The minimum absolute atomic E-state index is 0.0123. The Morgan fingerprint density at radius 2 is 1.81 bits per heavy atom. The van der Waals surface area contributed by atoms with E-state index in [0.29, 0.717) is 11.0 Å². The number of hydrogen-bond donors (Lipinski definition) is 1. The molecule has 0 spiro atoms. The Bertz CT molecular complexity index is 1300. The number of amides is 1. The largest absolute Gasteiger partial charge is 0.352 e. The van der Waals surface area contributed by atoms with E-state index in [1.165, 1.54) is 5.56 Å². The minimum Gasteiger partial charge on any atom is -0.352 e. The van der Waals surface area contributed by atoms with Crippen LogP contribution in [0.2, 0.25) is 0 Å². The zero-order chi connectivity index (χ0) is 22.7. The highest BCUT2D eigenvalue weighted by Crippen LogP contribution is 2.17. The summed E-state index contributed by atoms with van der Waals surface area (Å²) in [5.41, 5.74) is 4.52. The summed E-state index contributed by atoms with van der Waals surface area (Å²) in [6.07, 6.45) is 3.37. The van der Waals surface area contributed by atoms with Crippen LogP contribution in [0.5, 0.6) is 0 Å². The second kappa shape index (κ2) is 9.22. The van der Waals surface area contributed by atoms with E-state index in [9.17, 15) is 9.59 Å². The molecular weight excluding hydrogens is 400 g/mol. The molecule has 0 bridgehead atoms. The highest BCUT2D eigenvalue weighted by atomic mass is 16.2. The first-order chi connectivity index (χ1) is 15.4. The number of carbonyl (C=O) groups is 1. The number of rotatable bonds is 7. The molecule has 0 unspecified atom stereocenters. The number of nitrogens with zero attached hydrogens (tertiary/aromatic N) is 3. The van der Waals surface area contributed by atoms with Crippen LogP contribution in [0.3, 0.4) is 0 Å². The molecule has 0 radical (unpaired) electrons. The molecule has 32 heavy (non-hydrogen) atoms.